The molecule has 0 fully saturated rings. The zero-order chi connectivity index (χ0) is 15.0. The molecule has 0 bridgehead atoms. The van der Waals surface area contributed by atoms with Gasteiger partial charge in [-0.3, -0.25) is 4.98 Å². The third kappa shape index (κ3) is 2.12. The Kier molecular flexibility index (Phi) is 3.09. The molecule has 0 atom stereocenters. The molecule has 0 saturated carbocycles. The van der Waals surface area contributed by atoms with Crippen molar-refractivity contribution in [2.24, 2.45) is 0 Å². The van der Waals surface area contributed by atoms with Crippen molar-refractivity contribution in [2.45, 2.75) is 0 Å². The second-order valence-electron chi connectivity index (χ2n) is 4.21. The summed E-state index contributed by atoms with van der Waals surface area (Å²) >= 11 is 0. The lowest BCUT2D eigenvalue weighted by Crippen LogP contribution is -1.96. The summed E-state index contributed by atoms with van der Waals surface area (Å²) in [6.45, 7) is 0. The van der Waals surface area contributed by atoms with Crippen LogP contribution in [0.1, 0.15) is 0 Å². The normalized spacial score (nSPS) is 10.8. The number of nitrogen functional groups attached to an aromatic ring is 1. The minimum atomic E-state index is -1.58. The number of hydrogen-bond donors (Lipinski definition) is 1. The molecule has 7 heteroatoms. The van der Waals surface area contributed by atoms with E-state index in [1.165, 1.54) is 6.20 Å². The van der Waals surface area contributed by atoms with E-state index in [0.717, 1.165) is 12.1 Å². The maximum atomic E-state index is 13.9. The standard InChI is InChI=1S/C14H8F3N3O/c15-8-5-4-7(11(16)12(8)17)13-10(14(18)21-20-13)9-3-1-2-6-19-9/h1-6H,18H2. The van der Waals surface area contributed by atoms with E-state index in [-0.39, 0.29) is 22.7 Å². The number of pyridine rings is 1. The van der Waals surface area contributed by atoms with Crippen LogP contribution < -0.4 is 5.73 Å². The van der Waals surface area contributed by atoms with Crippen molar-refractivity contribution >= 4 is 5.88 Å². The lowest BCUT2D eigenvalue weighted by molar-refractivity contribution is 0.434. The number of rotatable bonds is 2. The molecule has 2 heterocycles. The highest BCUT2D eigenvalue weighted by molar-refractivity contribution is 5.85. The van der Waals surface area contributed by atoms with Crippen LogP contribution >= 0.6 is 0 Å². The highest BCUT2D eigenvalue weighted by atomic mass is 19.2. The Morgan fingerprint density at radius 3 is 2.52 bits per heavy atom. The van der Waals surface area contributed by atoms with Crippen LogP contribution in [0.4, 0.5) is 19.1 Å². The van der Waals surface area contributed by atoms with E-state index in [1.807, 2.05) is 0 Å². The smallest absolute Gasteiger partial charge is 0.232 e. The second kappa shape index (κ2) is 4.93. The fourth-order valence-corrected chi connectivity index (χ4v) is 1.95. The van der Waals surface area contributed by atoms with Crippen LogP contribution in [0.5, 0.6) is 0 Å². The summed E-state index contributed by atoms with van der Waals surface area (Å²) in [7, 11) is 0. The molecule has 2 N–H and O–H groups in total. The Labute approximate surface area is 117 Å². The van der Waals surface area contributed by atoms with Gasteiger partial charge in [0.1, 0.15) is 5.69 Å². The summed E-state index contributed by atoms with van der Waals surface area (Å²) in [6, 6.07) is 6.87. The zero-order valence-corrected chi connectivity index (χ0v) is 10.5. The third-order valence-corrected chi connectivity index (χ3v) is 2.93. The highest BCUT2D eigenvalue weighted by Crippen LogP contribution is 2.36. The van der Waals surface area contributed by atoms with E-state index in [4.69, 9.17) is 10.3 Å². The first-order valence-electron chi connectivity index (χ1n) is 5.90. The molecule has 0 spiro atoms. The minimum Gasteiger partial charge on any atom is -0.367 e. The SMILES string of the molecule is Nc1onc(-c2ccc(F)c(F)c2F)c1-c1ccccn1. The minimum absolute atomic E-state index is 0.0393. The Morgan fingerprint density at radius 1 is 1.00 bits per heavy atom. The topological polar surface area (TPSA) is 64.9 Å². The Bertz CT molecular complexity index is 803. The molecule has 2 aromatic heterocycles. The summed E-state index contributed by atoms with van der Waals surface area (Å²) in [5.41, 5.74) is 5.98. The van der Waals surface area contributed by atoms with E-state index in [1.54, 1.807) is 18.2 Å². The first kappa shape index (κ1) is 13.2. The van der Waals surface area contributed by atoms with Gasteiger partial charge < -0.3 is 10.3 Å². The van der Waals surface area contributed by atoms with Crippen molar-refractivity contribution < 1.29 is 17.7 Å². The average Bonchev–Trinajstić information content (AvgIpc) is 2.87. The molecule has 0 saturated heterocycles. The highest BCUT2D eigenvalue weighted by Gasteiger charge is 2.23. The van der Waals surface area contributed by atoms with Gasteiger partial charge in [0.15, 0.2) is 17.5 Å². The maximum absolute atomic E-state index is 13.9. The van der Waals surface area contributed by atoms with E-state index < -0.39 is 17.5 Å². The van der Waals surface area contributed by atoms with Gasteiger partial charge in [-0.05, 0) is 24.3 Å². The summed E-state index contributed by atoms with van der Waals surface area (Å²) in [5.74, 6) is -4.32. The van der Waals surface area contributed by atoms with Crippen molar-refractivity contribution in [2.75, 3.05) is 5.73 Å². The number of halogens is 3. The molecule has 1 aromatic carbocycles. The van der Waals surface area contributed by atoms with Gasteiger partial charge in [0, 0.05) is 11.8 Å². The van der Waals surface area contributed by atoms with Crippen molar-refractivity contribution in [3.63, 3.8) is 0 Å². The number of hydrogen-bond acceptors (Lipinski definition) is 4. The van der Waals surface area contributed by atoms with E-state index in [9.17, 15) is 13.2 Å². The number of nitrogens with two attached hydrogens (primary N) is 1. The van der Waals surface area contributed by atoms with Gasteiger partial charge >= 0.3 is 0 Å². The van der Waals surface area contributed by atoms with Crippen LogP contribution in [0.3, 0.4) is 0 Å². The Morgan fingerprint density at radius 2 is 1.81 bits per heavy atom. The van der Waals surface area contributed by atoms with Crippen LogP contribution in [0.2, 0.25) is 0 Å². The molecular formula is C14H8F3N3O. The molecule has 0 aliphatic heterocycles. The van der Waals surface area contributed by atoms with Gasteiger partial charge in [0.05, 0.1) is 11.3 Å². The third-order valence-electron chi connectivity index (χ3n) is 2.93. The molecule has 21 heavy (non-hydrogen) atoms. The first-order valence-corrected chi connectivity index (χ1v) is 5.90. The molecule has 0 aliphatic rings. The summed E-state index contributed by atoms with van der Waals surface area (Å²) in [5, 5.41) is 3.62. The average molecular weight is 291 g/mol. The number of anilines is 1. The number of nitrogens with zero attached hydrogens (tertiary/aromatic N) is 2. The van der Waals surface area contributed by atoms with Gasteiger partial charge in [0.25, 0.3) is 0 Å². The van der Waals surface area contributed by atoms with E-state index >= 15 is 0 Å². The van der Waals surface area contributed by atoms with Crippen molar-refractivity contribution in [3.05, 3.63) is 54.0 Å². The van der Waals surface area contributed by atoms with Gasteiger partial charge in [-0.2, -0.15) is 0 Å². The Balaban J connectivity index is 2.24. The van der Waals surface area contributed by atoms with Crippen LogP contribution in [-0.4, -0.2) is 10.1 Å². The van der Waals surface area contributed by atoms with E-state index in [2.05, 4.69) is 10.1 Å². The van der Waals surface area contributed by atoms with Crippen molar-refractivity contribution in [1.82, 2.24) is 10.1 Å². The van der Waals surface area contributed by atoms with E-state index in [0.29, 0.717) is 5.69 Å². The fourth-order valence-electron chi connectivity index (χ4n) is 1.95. The molecule has 3 rings (SSSR count). The number of benzene rings is 1. The van der Waals surface area contributed by atoms with Crippen molar-refractivity contribution in [1.29, 1.82) is 0 Å². The summed E-state index contributed by atoms with van der Waals surface area (Å²) in [4.78, 5) is 4.07. The van der Waals surface area contributed by atoms with Gasteiger partial charge in [-0.25, -0.2) is 13.2 Å². The van der Waals surface area contributed by atoms with Crippen LogP contribution in [0, 0.1) is 17.5 Å². The fraction of sp³-hybridized carbons (Fsp3) is 0. The number of aromatic nitrogens is 2. The molecule has 0 unspecified atom stereocenters. The van der Waals surface area contributed by atoms with Crippen LogP contribution in [-0.2, 0) is 0 Å². The van der Waals surface area contributed by atoms with Crippen molar-refractivity contribution in [3.8, 4) is 22.5 Å². The monoisotopic (exact) mass is 291 g/mol. The molecular weight excluding hydrogens is 283 g/mol. The predicted molar refractivity (Wildman–Crippen MR) is 69.5 cm³/mol. The predicted octanol–water partition coefficient (Wildman–Crippen LogP) is 3.40. The molecule has 0 amide bonds. The summed E-state index contributed by atoms with van der Waals surface area (Å²) < 4.78 is 45.1. The lowest BCUT2D eigenvalue weighted by Gasteiger charge is -2.04. The largest absolute Gasteiger partial charge is 0.367 e. The first-order chi connectivity index (χ1) is 10.1. The molecule has 106 valence electrons. The van der Waals surface area contributed by atoms with Crippen LogP contribution in [0.25, 0.3) is 22.5 Å². The Hall–Kier alpha value is -2.83. The molecule has 0 aliphatic carbocycles. The van der Waals surface area contributed by atoms with Gasteiger partial charge in [-0.15, -0.1) is 0 Å². The summed E-state index contributed by atoms with van der Waals surface area (Å²) in [6.07, 6.45) is 1.51. The van der Waals surface area contributed by atoms with Gasteiger partial charge in [-0.1, -0.05) is 11.2 Å². The zero-order valence-electron chi connectivity index (χ0n) is 10.5. The second-order valence-corrected chi connectivity index (χ2v) is 4.21. The molecule has 0 radical (unpaired) electrons. The lowest BCUT2D eigenvalue weighted by atomic mass is 10.0. The molecule has 4 nitrogen and oxygen atoms in total. The molecule has 3 aromatic rings. The van der Waals surface area contributed by atoms with Gasteiger partial charge in [0.2, 0.25) is 5.88 Å². The quantitative estimate of drug-likeness (QED) is 0.735. The van der Waals surface area contributed by atoms with Crippen LogP contribution in [0.15, 0.2) is 41.1 Å². The maximum Gasteiger partial charge on any atom is 0.232 e.